The number of carbonyl (C=O) groups excluding carboxylic acids is 1. The fourth-order valence-corrected chi connectivity index (χ4v) is 4.24. The number of hydrogen-bond donors (Lipinski definition) is 0. The van der Waals surface area contributed by atoms with E-state index in [0.717, 1.165) is 48.6 Å². The molecule has 1 aromatic heterocycles. The maximum atomic E-state index is 12.8. The topological polar surface area (TPSA) is 45.9 Å². The highest BCUT2D eigenvalue weighted by atomic mass is 16.5. The summed E-state index contributed by atoms with van der Waals surface area (Å²) < 4.78 is 11.0. The molecule has 4 rings (SSSR count). The van der Waals surface area contributed by atoms with Crippen molar-refractivity contribution in [1.82, 2.24) is 9.80 Å². The summed E-state index contributed by atoms with van der Waals surface area (Å²) >= 11 is 0. The van der Waals surface area contributed by atoms with Crippen molar-refractivity contribution in [2.45, 2.75) is 38.6 Å². The average molecular weight is 356 g/mol. The van der Waals surface area contributed by atoms with Crippen LogP contribution in [0.15, 0.2) is 28.7 Å². The van der Waals surface area contributed by atoms with Gasteiger partial charge in [-0.15, -0.1) is 0 Å². The first-order valence-corrected chi connectivity index (χ1v) is 9.75. The number of piperidine rings is 2. The SMILES string of the molecule is COc1ccc2oc(C(=O)N3CCC(N4CCC(C)CC4)CC3)cc2c1. The molecule has 5 nitrogen and oxygen atoms in total. The molecule has 0 spiro atoms. The Labute approximate surface area is 154 Å². The van der Waals surface area contributed by atoms with Gasteiger partial charge in [0.05, 0.1) is 7.11 Å². The van der Waals surface area contributed by atoms with Gasteiger partial charge in [-0.25, -0.2) is 0 Å². The summed E-state index contributed by atoms with van der Waals surface area (Å²) in [4.78, 5) is 17.4. The number of likely N-dealkylation sites (tertiary alicyclic amines) is 2. The maximum Gasteiger partial charge on any atom is 0.289 e. The average Bonchev–Trinajstić information content (AvgIpc) is 3.11. The molecule has 26 heavy (non-hydrogen) atoms. The third-order valence-electron chi connectivity index (χ3n) is 6.02. The molecule has 0 atom stereocenters. The van der Waals surface area contributed by atoms with Crippen molar-refractivity contribution in [3.05, 3.63) is 30.0 Å². The van der Waals surface area contributed by atoms with Crippen LogP contribution >= 0.6 is 0 Å². The Hall–Kier alpha value is -2.01. The number of benzene rings is 1. The third kappa shape index (κ3) is 3.45. The Morgan fingerprint density at radius 3 is 2.50 bits per heavy atom. The number of hydrogen-bond acceptors (Lipinski definition) is 4. The van der Waals surface area contributed by atoms with E-state index in [1.54, 1.807) is 7.11 Å². The summed E-state index contributed by atoms with van der Waals surface area (Å²) in [6, 6.07) is 8.07. The van der Waals surface area contributed by atoms with E-state index in [4.69, 9.17) is 9.15 Å². The molecular weight excluding hydrogens is 328 g/mol. The number of nitrogens with zero attached hydrogens (tertiary/aromatic N) is 2. The Balaban J connectivity index is 1.39. The van der Waals surface area contributed by atoms with Crippen molar-refractivity contribution in [2.75, 3.05) is 33.3 Å². The van der Waals surface area contributed by atoms with Crippen LogP contribution in [0.2, 0.25) is 0 Å². The number of carbonyl (C=O) groups is 1. The van der Waals surface area contributed by atoms with Gasteiger partial charge in [-0.2, -0.15) is 0 Å². The van der Waals surface area contributed by atoms with Gasteiger partial charge in [-0.1, -0.05) is 6.92 Å². The number of methoxy groups -OCH3 is 1. The molecule has 2 aliphatic heterocycles. The van der Waals surface area contributed by atoms with Crippen LogP contribution in [0.3, 0.4) is 0 Å². The minimum absolute atomic E-state index is 0.00545. The zero-order chi connectivity index (χ0) is 18.1. The van der Waals surface area contributed by atoms with Crippen LogP contribution in [0.1, 0.15) is 43.2 Å². The van der Waals surface area contributed by atoms with Crippen molar-refractivity contribution in [3.8, 4) is 5.75 Å². The summed E-state index contributed by atoms with van der Waals surface area (Å²) in [5, 5.41) is 0.907. The van der Waals surface area contributed by atoms with Crippen LogP contribution in [0.5, 0.6) is 5.75 Å². The summed E-state index contributed by atoms with van der Waals surface area (Å²) in [5.74, 6) is 2.07. The molecule has 5 heteroatoms. The van der Waals surface area contributed by atoms with Crippen LogP contribution in [-0.2, 0) is 0 Å². The van der Waals surface area contributed by atoms with E-state index >= 15 is 0 Å². The zero-order valence-electron chi connectivity index (χ0n) is 15.7. The van der Waals surface area contributed by atoms with Crippen LogP contribution < -0.4 is 4.74 Å². The van der Waals surface area contributed by atoms with Crippen LogP contribution in [-0.4, -0.2) is 55.0 Å². The molecule has 0 radical (unpaired) electrons. The molecule has 2 aliphatic rings. The van der Waals surface area contributed by atoms with Crippen LogP contribution in [0, 0.1) is 5.92 Å². The second-order valence-corrected chi connectivity index (χ2v) is 7.76. The number of fused-ring (bicyclic) bond motifs is 1. The van der Waals surface area contributed by atoms with E-state index in [0.29, 0.717) is 11.8 Å². The molecule has 0 N–H and O–H groups in total. The lowest BCUT2D eigenvalue weighted by Crippen LogP contribution is -2.48. The molecule has 0 saturated carbocycles. The van der Waals surface area contributed by atoms with Crippen LogP contribution in [0.25, 0.3) is 11.0 Å². The highest BCUT2D eigenvalue weighted by molar-refractivity contribution is 5.96. The quantitative estimate of drug-likeness (QED) is 0.840. The lowest BCUT2D eigenvalue weighted by molar-refractivity contribution is 0.0536. The molecule has 2 fully saturated rings. The number of ether oxygens (including phenoxy) is 1. The molecule has 0 bridgehead atoms. The first-order chi connectivity index (χ1) is 12.6. The Morgan fingerprint density at radius 1 is 1.08 bits per heavy atom. The summed E-state index contributed by atoms with van der Waals surface area (Å²) in [6.07, 6.45) is 4.74. The smallest absolute Gasteiger partial charge is 0.289 e. The largest absolute Gasteiger partial charge is 0.497 e. The van der Waals surface area contributed by atoms with Crippen molar-refractivity contribution in [1.29, 1.82) is 0 Å². The summed E-state index contributed by atoms with van der Waals surface area (Å²) in [5.41, 5.74) is 0.728. The molecule has 0 unspecified atom stereocenters. The van der Waals surface area contributed by atoms with Crippen molar-refractivity contribution < 1.29 is 13.9 Å². The second kappa shape index (κ2) is 7.31. The second-order valence-electron chi connectivity index (χ2n) is 7.76. The minimum Gasteiger partial charge on any atom is -0.497 e. The lowest BCUT2D eigenvalue weighted by atomic mass is 9.95. The van der Waals surface area contributed by atoms with Gasteiger partial charge in [0.25, 0.3) is 5.91 Å². The maximum absolute atomic E-state index is 12.8. The van der Waals surface area contributed by atoms with Gasteiger partial charge in [0.15, 0.2) is 5.76 Å². The van der Waals surface area contributed by atoms with Gasteiger partial charge in [-0.3, -0.25) is 4.79 Å². The first-order valence-electron chi connectivity index (χ1n) is 9.75. The Kier molecular flexibility index (Phi) is 4.90. The predicted octanol–water partition coefficient (Wildman–Crippen LogP) is 3.78. The molecule has 2 aromatic rings. The fourth-order valence-electron chi connectivity index (χ4n) is 4.24. The van der Waals surface area contributed by atoms with Gasteiger partial charge in [-0.05, 0) is 69.0 Å². The molecule has 1 aromatic carbocycles. The first kappa shape index (κ1) is 17.4. The molecule has 3 heterocycles. The van der Waals surface area contributed by atoms with Gasteiger partial charge in [0.1, 0.15) is 11.3 Å². The monoisotopic (exact) mass is 356 g/mol. The lowest BCUT2D eigenvalue weighted by Gasteiger charge is -2.41. The molecular formula is C21H28N2O3. The number of amides is 1. The highest BCUT2D eigenvalue weighted by Gasteiger charge is 2.30. The normalized spacial score (nSPS) is 20.6. The van der Waals surface area contributed by atoms with Gasteiger partial charge in [0.2, 0.25) is 0 Å². The van der Waals surface area contributed by atoms with Gasteiger partial charge >= 0.3 is 0 Å². The molecule has 0 aliphatic carbocycles. The van der Waals surface area contributed by atoms with Crippen molar-refractivity contribution in [2.24, 2.45) is 5.92 Å². The number of rotatable bonds is 3. The Bertz CT molecular complexity index is 769. The fraction of sp³-hybridized carbons (Fsp3) is 0.571. The summed E-state index contributed by atoms with van der Waals surface area (Å²) in [7, 11) is 1.64. The predicted molar refractivity (Wildman–Crippen MR) is 102 cm³/mol. The highest BCUT2D eigenvalue weighted by Crippen LogP contribution is 2.27. The molecule has 140 valence electrons. The molecule has 2 saturated heterocycles. The minimum atomic E-state index is 0.00545. The zero-order valence-corrected chi connectivity index (χ0v) is 15.7. The van der Waals surface area contributed by atoms with Crippen molar-refractivity contribution in [3.63, 3.8) is 0 Å². The van der Waals surface area contributed by atoms with E-state index in [1.165, 1.54) is 25.9 Å². The van der Waals surface area contributed by atoms with E-state index < -0.39 is 0 Å². The third-order valence-corrected chi connectivity index (χ3v) is 6.02. The van der Waals surface area contributed by atoms with E-state index in [1.807, 2.05) is 29.2 Å². The van der Waals surface area contributed by atoms with E-state index in [-0.39, 0.29) is 5.91 Å². The Morgan fingerprint density at radius 2 is 1.81 bits per heavy atom. The van der Waals surface area contributed by atoms with Crippen LogP contribution in [0.4, 0.5) is 0 Å². The van der Waals surface area contributed by atoms with Gasteiger partial charge in [0, 0.05) is 24.5 Å². The summed E-state index contributed by atoms with van der Waals surface area (Å²) in [6.45, 7) is 6.41. The van der Waals surface area contributed by atoms with E-state index in [2.05, 4.69) is 11.8 Å². The van der Waals surface area contributed by atoms with Crippen molar-refractivity contribution >= 4 is 16.9 Å². The number of furan rings is 1. The van der Waals surface area contributed by atoms with E-state index in [9.17, 15) is 4.79 Å². The molecule has 1 amide bonds. The standard InChI is InChI=1S/C21H28N2O3/c1-15-5-9-22(10-6-15)17-7-11-23(12-8-17)21(24)20-14-16-13-18(25-2)3-4-19(16)26-20/h3-4,13-15,17H,5-12H2,1-2H3. The van der Waals surface area contributed by atoms with Gasteiger partial charge < -0.3 is 19.0 Å².